The van der Waals surface area contributed by atoms with Crippen molar-refractivity contribution in [3.05, 3.63) is 29.8 Å². The first-order valence-electron chi connectivity index (χ1n) is 7.67. The normalized spacial score (nSPS) is 12.4. The molecule has 0 bridgehead atoms. The summed E-state index contributed by atoms with van der Waals surface area (Å²) in [4.78, 5) is 4.27. The van der Waals surface area contributed by atoms with Crippen LogP contribution in [0.3, 0.4) is 0 Å². The van der Waals surface area contributed by atoms with Crippen LogP contribution in [0.15, 0.2) is 18.2 Å². The van der Waals surface area contributed by atoms with Crippen LogP contribution in [0.5, 0.6) is 0 Å². The molecule has 1 aromatic heterocycles. The molecule has 6 nitrogen and oxygen atoms in total. The van der Waals surface area contributed by atoms with Crippen LogP contribution >= 0.6 is 0 Å². The highest BCUT2D eigenvalue weighted by molar-refractivity contribution is 7.87. The standard InChI is InChI=1S/C15H23FN4O2S/c1-4-5-11-19(2)23(21,22)17-10-9-14-18-15-12(16)7-6-8-13(15)20(14)3/h6-8,17H,4-5,9-11H2,1-3H3. The third-order valence-corrected chi connectivity index (χ3v) is 5.40. The molecule has 23 heavy (non-hydrogen) atoms. The summed E-state index contributed by atoms with van der Waals surface area (Å²) in [6.07, 6.45) is 2.15. The van der Waals surface area contributed by atoms with Gasteiger partial charge in [-0.05, 0) is 18.6 Å². The van der Waals surface area contributed by atoms with E-state index in [1.165, 1.54) is 10.4 Å². The third kappa shape index (κ3) is 4.07. The zero-order valence-electron chi connectivity index (χ0n) is 13.7. The highest BCUT2D eigenvalue weighted by Gasteiger charge is 2.17. The van der Waals surface area contributed by atoms with Gasteiger partial charge in [0.15, 0.2) is 5.82 Å². The number of hydrogen-bond donors (Lipinski definition) is 1. The lowest BCUT2D eigenvalue weighted by Crippen LogP contribution is -2.39. The predicted octanol–water partition coefficient (Wildman–Crippen LogP) is 1.82. The maximum atomic E-state index is 13.7. The molecule has 2 rings (SSSR count). The summed E-state index contributed by atoms with van der Waals surface area (Å²) in [5.41, 5.74) is 1.01. The monoisotopic (exact) mass is 342 g/mol. The molecule has 0 aliphatic carbocycles. The fraction of sp³-hybridized carbons (Fsp3) is 0.533. The molecule has 0 fully saturated rings. The molecular weight excluding hydrogens is 319 g/mol. The second kappa shape index (κ2) is 7.37. The van der Waals surface area contributed by atoms with Crippen LogP contribution in [-0.2, 0) is 23.7 Å². The Morgan fingerprint density at radius 3 is 2.78 bits per heavy atom. The number of rotatable bonds is 8. The zero-order valence-corrected chi connectivity index (χ0v) is 14.5. The Balaban J connectivity index is 2.02. The van der Waals surface area contributed by atoms with Gasteiger partial charge in [-0.15, -0.1) is 0 Å². The van der Waals surface area contributed by atoms with Crippen molar-refractivity contribution in [1.29, 1.82) is 0 Å². The number of aryl methyl sites for hydroxylation is 1. The van der Waals surface area contributed by atoms with Crippen LogP contribution in [0.1, 0.15) is 25.6 Å². The Bertz CT molecular complexity index is 773. The molecule has 128 valence electrons. The van der Waals surface area contributed by atoms with Crippen LogP contribution in [0.25, 0.3) is 11.0 Å². The van der Waals surface area contributed by atoms with E-state index in [1.54, 1.807) is 30.8 Å². The molecule has 0 atom stereocenters. The van der Waals surface area contributed by atoms with E-state index < -0.39 is 10.2 Å². The number of nitrogens with zero attached hydrogens (tertiary/aromatic N) is 3. The quantitative estimate of drug-likeness (QED) is 0.796. The largest absolute Gasteiger partial charge is 0.331 e. The Morgan fingerprint density at radius 1 is 1.39 bits per heavy atom. The number of nitrogens with one attached hydrogen (secondary N) is 1. The summed E-state index contributed by atoms with van der Waals surface area (Å²) in [5.74, 6) is 0.272. The Morgan fingerprint density at radius 2 is 2.13 bits per heavy atom. The van der Waals surface area contributed by atoms with E-state index in [-0.39, 0.29) is 12.4 Å². The number of imidazole rings is 1. The van der Waals surface area contributed by atoms with Crippen molar-refractivity contribution in [1.82, 2.24) is 18.6 Å². The van der Waals surface area contributed by atoms with Gasteiger partial charge in [-0.3, -0.25) is 0 Å². The maximum absolute atomic E-state index is 13.7. The molecule has 0 aliphatic heterocycles. The van der Waals surface area contributed by atoms with Crippen molar-refractivity contribution in [2.45, 2.75) is 26.2 Å². The molecule has 0 spiro atoms. The number of unbranched alkanes of at least 4 members (excludes halogenated alkanes) is 1. The van der Waals surface area contributed by atoms with Gasteiger partial charge in [0.25, 0.3) is 10.2 Å². The summed E-state index contributed by atoms with van der Waals surface area (Å²) >= 11 is 0. The Labute approximate surface area is 136 Å². The summed E-state index contributed by atoms with van der Waals surface area (Å²) in [6.45, 7) is 2.72. The van der Waals surface area contributed by atoms with Crippen molar-refractivity contribution in [3.63, 3.8) is 0 Å². The average molecular weight is 342 g/mol. The maximum Gasteiger partial charge on any atom is 0.279 e. The summed E-state index contributed by atoms with van der Waals surface area (Å²) in [7, 11) is -0.126. The van der Waals surface area contributed by atoms with Crippen molar-refractivity contribution in [2.24, 2.45) is 7.05 Å². The van der Waals surface area contributed by atoms with Gasteiger partial charge >= 0.3 is 0 Å². The lowest BCUT2D eigenvalue weighted by Gasteiger charge is -2.17. The van der Waals surface area contributed by atoms with Gasteiger partial charge < -0.3 is 4.57 Å². The van der Waals surface area contributed by atoms with Crippen LogP contribution < -0.4 is 4.72 Å². The van der Waals surface area contributed by atoms with Gasteiger partial charge in [0.1, 0.15) is 11.3 Å². The molecular formula is C15H23FN4O2S. The first-order valence-corrected chi connectivity index (χ1v) is 9.11. The van der Waals surface area contributed by atoms with Crippen molar-refractivity contribution in [3.8, 4) is 0 Å². The zero-order chi connectivity index (χ0) is 17.0. The summed E-state index contributed by atoms with van der Waals surface area (Å²) < 4.78 is 43.5. The van der Waals surface area contributed by atoms with E-state index in [0.717, 1.165) is 12.8 Å². The van der Waals surface area contributed by atoms with Gasteiger partial charge in [-0.25, -0.2) is 14.1 Å². The Hall–Kier alpha value is -1.51. The molecule has 0 radical (unpaired) electrons. The van der Waals surface area contributed by atoms with E-state index >= 15 is 0 Å². The van der Waals surface area contributed by atoms with E-state index in [4.69, 9.17) is 0 Å². The highest BCUT2D eigenvalue weighted by atomic mass is 32.2. The molecule has 0 aliphatic rings. The molecule has 1 aromatic carbocycles. The molecule has 0 unspecified atom stereocenters. The van der Waals surface area contributed by atoms with Crippen LogP contribution in [0.2, 0.25) is 0 Å². The number of fused-ring (bicyclic) bond motifs is 1. The predicted molar refractivity (Wildman–Crippen MR) is 88.8 cm³/mol. The van der Waals surface area contributed by atoms with Gasteiger partial charge in [0.05, 0.1) is 5.52 Å². The fourth-order valence-corrected chi connectivity index (χ4v) is 3.30. The lowest BCUT2D eigenvalue weighted by atomic mass is 10.3. The van der Waals surface area contributed by atoms with E-state index in [9.17, 15) is 12.8 Å². The molecule has 8 heteroatoms. The second-order valence-corrected chi connectivity index (χ2v) is 7.38. The third-order valence-electron chi connectivity index (χ3n) is 3.82. The summed E-state index contributed by atoms with van der Waals surface area (Å²) in [6, 6.07) is 4.79. The molecule has 1 heterocycles. The molecule has 1 N–H and O–H groups in total. The summed E-state index contributed by atoms with van der Waals surface area (Å²) in [5, 5.41) is 0. The van der Waals surface area contributed by atoms with Gasteiger partial charge in [0.2, 0.25) is 0 Å². The van der Waals surface area contributed by atoms with Crippen LogP contribution in [0, 0.1) is 5.82 Å². The first-order chi connectivity index (χ1) is 10.9. The highest BCUT2D eigenvalue weighted by Crippen LogP contribution is 2.18. The van der Waals surface area contributed by atoms with Crippen molar-refractivity contribution < 1.29 is 12.8 Å². The van der Waals surface area contributed by atoms with Crippen LogP contribution in [0.4, 0.5) is 4.39 Å². The number of aromatic nitrogens is 2. The number of halogens is 1. The van der Waals surface area contributed by atoms with E-state index in [1.807, 2.05) is 6.92 Å². The van der Waals surface area contributed by atoms with Crippen molar-refractivity contribution in [2.75, 3.05) is 20.1 Å². The molecule has 0 saturated heterocycles. The topological polar surface area (TPSA) is 67.2 Å². The SMILES string of the molecule is CCCCN(C)S(=O)(=O)NCCc1nc2c(F)cccc2n1C. The van der Waals surface area contributed by atoms with E-state index in [0.29, 0.717) is 29.8 Å². The number of benzene rings is 1. The first kappa shape index (κ1) is 17.8. The number of hydrogen-bond acceptors (Lipinski definition) is 3. The van der Waals surface area contributed by atoms with Crippen LogP contribution in [-0.4, -0.2) is 42.4 Å². The van der Waals surface area contributed by atoms with Gasteiger partial charge in [-0.2, -0.15) is 12.7 Å². The van der Waals surface area contributed by atoms with Gasteiger partial charge in [-0.1, -0.05) is 19.4 Å². The molecule has 0 saturated carbocycles. The lowest BCUT2D eigenvalue weighted by molar-refractivity contribution is 0.449. The molecule has 0 amide bonds. The smallest absolute Gasteiger partial charge is 0.279 e. The average Bonchev–Trinajstić information content (AvgIpc) is 2.83. The minimum absolute atomic E-state index is 0.220. The van der Waals surface area contributed by atoms with E-state index in [2.05, 4.69) is 9.71 Å². The number of para-hydroxylation sites is 1. The van der Waals surface area contributed by atoms with Crippen molar-refractivity contribution >= 4 is 21.2 Å². The molecule has 2 aromatic rings. The second-order valence-electron chi connectivity index (χ2n) is 5.52. The van der Waals surface area contributed by atoms with Gasteiger partial charge in [0, 0.05) is 33.6 Å². The fourth-order valence-electron chi connectivity index (χ4n) is 2.35. The minimum atomic E-state index is -3.48. The Kier molecular flexibility index (Phi) is 5.72. The minimum Gasteiger partial charge on any atom is -0.331 e.